The molecule has 7 nitrogen and oxygen atoms in total. The molecule has 0 N–H and O–H groups in total. The van der Waals surface area contributed by atoms with Crippen LogP contribution in [0.2, 0.25) is 0 Å². The van der Waals surface area contributed by atoms with E-state index in [1.54, 1.807) is 25.8 Å². The summed E-state index contributed by atoms with van der Waals surface area (Å²) in [4.78, 5) is 14.0. The molecule has 0 aliphatic carbocycles. The number of esters is 1. The van der Waals surface area contributed by atoms with E-state index in [9.17, 15) is 4.79 Å². The fraction of sp³-hybridized carbons (Fsp3) is 0.643. The zero-order valence-corrected chi connectivity index (χ0v) is 12.8. The lowest BCUT2D eigenvalue weighted by molar-refractivity contribution is 0.0523. The number of nitrogens with zero attached hydrogens (tertiary/aromatic N) is 4. The fourth-order valence-electron chi connectivity index (χ4n) is 1.94. The molecule has 0 bridgehead atoms. The summed E-state index contributed by atoms with van der Waals surface area (Å²) in [5.74, 6) is -0.368. The molecule has 1 heterocycles. The molecule has 0 atom stereocenters. The molecule has 0 unspecified atom stereocenters. The molecule has 0 radical (unpaired) electrons. The molecule has 0 spiro atoms. The summed E-state index contributed by atoms with van der Waals surface area (Å²) < 4.78 is 11.8. The molecule has 116 valence electrons. The van der Waals surface area contributed by atoms with Gasteiger partial charge in [0.25, 0.3) is 0 Å². The van der Waals surface area contributed by atoms with Gasteiger partial charge in [0.1, 0.15) is 5.56 Å². The van der Waals surface area contributed by atoms with E-state index in [-0.39, 0.29) is 5.97 Å². The van der Waals surface area contributed by atoms with Gasteiger partial charge in [0.2, 0.25) is 0 Å². The average molecular weight is 294 g/mol. The maximum Gasteiger partial charge on any atom is 0.341 e. The zero-order valence-electron chi connectivity index (χ0n) is 12.8. The lowest BCUT2D eigenvalue weighted by atomic mass is 10.2. The monoisotopic (exact) mass is 294 g/mol. The van der Waals surface area contributed by atoms with Crippen LogP contribution in [0.4, 0.5) is 0 Å². The highest BCUT2D eigenvalue weighted by molar-refractivity contribution is 5.90. The molecule has 7 heteroatoms. The maximum atomic E-state index is 11.9. The molecule has 0 fully saturated rings. The lowest BCUT2D eigenvalue weighted by Crippen LogP contribution is -2.29. The van der Waals surface area contributed by atoms with Crippen LogP contribution in [0.3, 0.4) is 0 Å². The van der Waals surface area contributed by atoms with Gasteiger partial charge in [-0.15, -0.1) is 0 Å². The maximum absolute atomic E-state index is 11.9. The highest BCUT2D eigenvalue weighted by Gasteiger charge is 2.19. The SMILES string of the molecule is CCOC(=O)c1cnn(C)c1CN(CCC#N)CCOC. The Hall–Kier alpha value is -1.91. The van der Waals surface area contributed by atoms with E-state index in [1.165, 1.54) is 6.20 Å². The predicted molar refractivity (Wildman–Crippen MR) is 76.5 cm³/mol. The van der Waals surface area contributed by atoms with E-state index in [0.29, 0.717) is 44.8 Å². The Labute approximate surface area is 125 Å². The first kappa shape index (κ1) is 17.1. The van der Waals surface area contributed by atoms with Crippen LogP contribution in [-0.4, -0.2) is 54.1 Å². The number of aryl methyl sites for hydroxylation is 1. The molecular formula is C14H22N4O3. The Balaban J connectivity index is 2.84. The quantitative estimate of drug-likeness (QED) is 0.631. The first-order valence-electron chi connectivity index (χ1n) is 6.90. The Morgan fingerprint density at radius 2 is 2.29 bits per heavy atom. The molecule has 0 aliphatic heterocycles. The number of nitriles is 1. The summed E-state index contributed by atoms with van der Waals surface area (Å²) in [7, 11) is 3.42. The predicted octanol–water partition coefficient (Wildman–Crippen LogP) is 0.959. The van der Waals surface area contributed by atoms with Crippen molar-refractivity contribution in [3.8, 4) is 6.07 Å². The first-order valence-corrected chi connectivity index (χ1v) is 6.90. The zero-order chi connectivity index (χ0) is 15.7. The van der Waals surface area contributed by atoms with Crippen LogP contribution in [0.15, 0.2) is 6.20 Å². The molecule has 0 saturated heterocycles. The molecule has 1 aromatic heterocycles. The number of ether oxygens (including phenoxy) is 2. The molecular weight excluding hydrogens is 272 g/mol. The van der Waals surface area contributed by atoms with Crippen molar-refractivity contribution in [3.63, 3.8) is 0 Å². The lowest BCUT2D eigenvalue weighted by Gasteiger charge is -2.21. The summed E-state index contributed by atoms with van der Waals surface area (Å²) in [5.41, 5.74) is 1.25. The smallest absolute Gasteiger partial charge is 0.341 e. The van der Waals surface area contributed by atoms with E-state index < -0.39 is 0 Å². The topological polar surface area (TPSA) is 80.4 Å². The van der Waals surface area contributed by atoms with Crippen LogP contribution < -0.4 is 0 Å². The van der Waals surface area contributed by atoms with Gasteiger partial charge in [-0.2, -0.15) is 10.4 Å². The number of carbonyl (C=O) groups excluding carboxylic acids is 1. The van der Waals surface area contributed by atoms with Crippen molar-refractivity contribution >= 4 is 5.97 Å². The number of hydrogen-bond acceptors (Lipinski definition) is 6. The fourth-order valence-corrected chi connectivity index (χ4v) is 1.94. The largest absolute Gasteiger partial charge is 0.462 e. The van der Waals surface area contributed by atoms with Crippen molar-refractivity contribution in [2.75, 3.05) is 33.4 Å². The summed E-state index contributed by atoms with van der Waals surface area (Å²) in [6, 6.07) is 2.13. The van der Waals surface area contributed by atoms with Gasteiger partial charge >= 0.3 is 5.97 Å². The second-order valence-corrected chi connectivity index (χ2v) is 4.53. The van der Waals surface area contributed by atoms with Gasteiger partial charge in [-0.25, -0.2) is 4.79 Å². The van der Waals surface area contributed by atoms with Gasteiger partial charge in [0, 0.05) is 40.2 Å². The minimum Gasteiger partial charge on any atom is -0.462 e. The minimum atomic E-state index is -0.368. The highest BCUT2D eigenvalue weighted by atomic mass is 16.5. The van der Waals surface area contributed by atoms with Gasteiger partial charge in [-0.3, -0.25) is 9.58 Å². The van der Waals surface area contributed by atoms with Gasteiger partial charge < -0.3 is 9.47 Å². The van der Waals surface area contributed by atoms with E-state index in [1.807, 2.05) is 0 Å². The molecule has 1 rings (SSSR count). The Morgan fingerprint density at radius 1 is 1.52 bits per heavy atom. The Bertz CT molecular complexity index is 493. The van der Waals surface area contributed by atoms with Gasteiger partial charge in [-0.05, 0) is 6.92 Å². The van der Waals surface area contributed by atoms with Crippen LogP contribution in [0, 0.1) is 11.3 Å². The molecule has 0 aliphatic rings. The molecule has 1 aromatic rings. The molecule has 0 saturated carbocycles. The molecule has 0 aromatic carbocycles. The number of rotatable bonds is 9. The third kappa shape index (κ3) is 5.17. The van der Waals surface area contributed by atoms with Crippen LogP contribution >= 0.6 is 0 Å². The second-order valence-electron chi connectivity index (χ2n) is 4.53. The summed E-state index contributed by atoms with van der Waals surface area (Å²) in [6.07, 6.45) is 1.95. The Kier molecular flexibility index (Phi) is 7.43. The second kappa shape index (κ2) is 9.10. The summed E-state index contributed by atoms with van der Waals surface area (Å²) >= 11 is 0. The Morgan fingerprint density at radius 3 is 2.90 bits per heavy atom. The van der Waals surface area contributed by atoms with E-state index in [2.05, 4.69) is 16.1 Å². The summed E-state index contributed by atoms with van der Waals surface area (Å²) in [6.45, 7) is 4.49. The normalized spacial score (nSPS) is 10.6. The van der Waals surface area contributed by atoms with Crippen molar-refractivity contribution in [3.05, 3.63) is 17.5 Å². The van der Waals surface area contributed by atoms with E-state index >= 15 is 0 Å². The number of carbonyl (C=O) groups is 1. The number of aromatic nitrogens is 2. The average Bonchev–Trinajstić information content (AvgIpc) is 2.83. The van der Waals surface area contributed by atoms with E-state index in [0.717, 1.165) is 5.69 Å². The van der Waals surface area contributed by atoms with Gasteiger partial charge in [-0.1, -0.05) is 0 Å². The third-order valence-electron chi connectivity index (χ3n) is 3.08. The third-order valence-corrected chi connectivity index (χ3v) is 3.08. The standard InChI is InChI=1S/C14H22N4O3/c1-4-21-14(19)12-10-16-17(2)13(12)11-18(7-5-6-15)8-9-20-3/h10H,4-5,7-9,11H2,1-3H3. The number of methoxy groups -OCH3 is 1. The highest BCUT2D eigenvalue weighted by Crippen LogP contribution is 2.12. The van der Waals surface area contributed by atoms with Crippen molar-refractivity contribution in [2.24, 2.45) is 7.05 Å². The van der Waals surface area contributed by atoms with Crippen molar-refractivity contribution in [1.29, 1.82) is 5.26 Å². The van der Waals surface area contributed by atoms with Crippen molar-refractivity contribution < 1.29 is 14.3 Å². The summed E-state index contributed by atoms with van der Waals surface area (Å²) in [5, 5.41) is 12.9. The van der Waals surface area contributed by atoms with Crippen molar-refractivity contribution in [2.45, 2.75) is 19.9 Å². The minimum absolute atomic E-state index is 0.328. The van der Waals surface area contributed by atoms with Gasteiger partial charge in [0.05, 0.1) is 31.2 Å². The van der Waals surface area contributed by atoms with Crippen LogP contribution in [0.1, 0.15) is 29.4 Å². The van der Waals surface area contributed by atoms with Crippen LogP contribution in [-0.2, 0) is 23.1 Å². The molecule has 21 heavy (non-hydrogen) atoms. The van der Waals surface area contributed by atoms with E-state index in [4.69, 9.17) is 14.7 Å². The van der Waals surface area contributed by atoms with Crippen LogP contribution in [0.25, 0.3) is 0 Å². The molecule has 0 amide bonds. The number of hydrogen-bond donors (Lipinski definition) is 0. The van der Waals surface area contributed by atoms with Gasteiger partial charge in [0.15, 0.2) is 0 Å². The van der Waals surface area contributed by atoms with Crippen molar-refractivity contribution in [1.82, 2.24) is 14.7 Å². The van der Waals surface area contributed by atoms with Crippen LogP contribution in [0.5, 0.6) is 0 Å². The first-order chi connectivity index (χ1) is 10.1.